The first kappa shape index (κ1) is 13.7. The van der Waals surface area contributed by atoms with Crippen molar-refractivity contribution in [2.75, 3.05) is 18.4 Å². The number of carbonyl (C=O) groups is 1. The molecular formula is C14H18N6O. The molecule has 1 saturated heterocycles. The smallest absolute Gasteiger partial charge is 0.229 e. The summed E-state index contributed by atoms with van der Waals surface area (Å²) in [5.74, 6) is 0.700. The Bertz CT molecular complexity index is 635. The van der Waals surface area contributed by atoms with Crippen LogP contribution in [0.4, 0.5) is 5.69 Å². The van der Waals surface area contributed by atoms with Gasteiger partial charge in [0.25, 0.3) is 0 Å². The zero-order valence-corrected chi connectivity index (χ0v) is 12.1. The fourth-order valence-corrected chi connectivity index (χ4v) is 2.63. The van der Waals surface area contributed by atoms with Crippen LogP contribution in [0, 0.1) is 12.8 Å². The van der Waals surface area contributed by atoms with E-state index < -0.39 is 0 Å². The van der Waals surface area contributed by atoms with Gasteiger partial charge in [-0.3, -0.25) is 9.48 Å². The Morgan fingerprint density at radius 2 is 2.10 bits per heavy atom. The normalized spacial score (nSPS) is 21.4. The van der Waals surface area contributed by atoms with Gasteiger partial charge in [0, 0.05) is 32.3 Å². The number of aryl methyl sites for hydroxylation is 2. The lowest BCUT2D eigenvalue weighted by molar-refractivity contribution is -0.119. The largest absolute Gasteiger partial charge is 0.323 e. The molecule has 3 heterocycles. The van der Waals surface area contributed by atoms with Crippen molar-refractivity contribution in [1.82, 2.24) is 25.1 Å². The summed E-state index contributed by atoms with van der Waals surface area (Å²) in [4.78, 5) is 20.6. The number of hydrogen-bond donors (Lipinski definition) is 2. The summed E-state index contributed by atoms with van der Waals surface area (Å²) in [6.07, 6.45) is 7.04. The van der Waals surface area contributed by atoms with Crippen molar-refractivity contribution in [3.63, 3.8) is 0 Å². The maximum atomic E-state index is 12.5. The molecule has 2 aromatic heterocycles. The molecule has 0 saturated carbocycles. The molecule has 1 aliphatic heterocycles. The van der Waals surface area contributed by atoms with Crippen LogP contribution in [0.2, 0.25) is 0 Å². The Labute approximate surface area is 122 Å². The van der Waals surface area contributed by atoms with Gasteiger partial charge in [-0.25, -0.2) is 9.97 Å². The van der Waals surface area contributed by atoms with E-state index in [-0.39, 0.29) is 17.7 Å². The van der Waals surface area contributed by atoms with Crippen LogP contribution in [0.5, 0.6) is 0 Å². The van der Waals surface area contributed by atoms with E-state index in [1.165, 1.54) is 0 Å². The average Bonchev–Trinajstić information content (AvgIpc) is 3.09. The number of amides is 1. The van der Waals surface area contributed by atoms with Crippen LogP contribution in [-0.4, -0.2) is 38.7 Å². The van der Waals surface area contributed by atoms with Gasteiger partial charge in [0.15, 0.2) is 0 Å². The molecule has 21 heavy (non-hydrogen) atoms. The molecule has 1 amide bonds. The van der Waals surface area contributed by atoms with Gasteiger partial charge in [-0.1, -0.05) is 0 Å². The lowest BCUT2D eigenvalue weighted by atomic mass is 9.90. The van der Waals surface area contributed by atoms with Crippen LogP contribution in [0.15, 0.2) is 24.8 Å². The van der Waals surface area contributed by atoms with E-state index in [4.69, 9.17) is 0 Å². The van der Waals surface area contributed by atoms with Gasteiger partial charge in [-0.05, 0) is 12.5 Å². The van der Waals surface area contributed by atoms with Crippen LogP contribution in [-0.2, 0) is 11.8 Å². The van der Waals surface area contributed by atoms with E-state index in [0.717, 1.165) is 12.1 Å². The van der Waals surface area contributed by atoms with Gasteiger partial charge in [-0.2, -0.15) is 5.10 Å². The fraction of sp³-hybridized carbons (Fsp3) is 0.429. The van der Waals surface area contributed by atoms with Crippen molar-refractivity contribution >= 4 is 11.6 Å². The van der Waals surface area contributed by atoms with Crippen LogP contribution in [0.25, 0.3) is 0 Å². The van der Waals surface area contributed by atoms with E-state index in [2.05, 4.69) is 25.7 Å². The summed E-state index contributed by atoms with van der Waals surface area (Å²) < 4.78 is 1.76. The summed E-state index contributed by atoms with van der Waals surface area (Å²) in [5, 5.41) is 10.3. The van der Waals surface area contributed by atoms with Gasteiger partial charge >= 0.3 is 0 Å². The number of nitrogens with one attached hydrogen (secondary N) is 2. The van der Waals surface area contributed by atoms with Gasteiger partial charge in [0.05, 0.1) is 30.2 Å². The molecule has 0 spiro atoms. The molecule has 7 heteroatoms. The molecule has 2 aromatic rings. The number of aromatic nitrogens is 4. The first-order chi connectivity index (χ1) is 10.1. The molecule has 0 bridgehead atoms. The second-order valence-corrected chi connectivity index (χ2v) is 5.33. The van der Waals surface area contributed by atoms with Gasteiger partial charge in [-0.15, -0.1) is 0 Å². The number of carbonyl (C=O) groups excluding carboxylic acids is 1. The first-order valence-electron chi connectivity index (χ1n) is 6.92. The number of nitrogens with zero attached hydrogens (tertiary/aromatic N) is 4. The third kappa shape index (κ3) is 2.92. The van der Waals surface area contributed by atoms with Crippen molar-refractivity contribution in [1.29, 1.82) is 0 Å². The Morgan fingerprint density at radius 1 is 1.33 bits per heavy atom. The summed E-state index contributed by atoms with van der Waals surface area (Å²) in [6, 6.07) is 0. The van der Waals surface area contributed by atoms with Crippen molar-refractivity contribution in [2.24, 2.45) is 13.0 Å². The highest BCUT2D eigenvalue weighted by atomic mass is 16.2. The topological polar surface area (TPSA) is 84.7 Å². The summed E-state index contributed by atoms with van der Waals surface area (Å²) in [7, 11) is 1.88. The predicted octanol–water partition coefficient (Wildman–Crippen LogP) is 0.460. The molecule has 110 valence electrons. The second kappa shape index (κ2) is 5.61. The minimum Gasteiger partial charge on any atom is -0.323 e. The Kier molecular flexibility index (Phi) is 3.66. The lowest BCUT2D eigenvalue weighted by Gasteiger charge is -2.16. The van der Waals surface area contributed by atoms with Crippen LogP contribution in [0.3, 0.4) is 0 Å². The fourth-order valence-electron chi connectivity index (χ4n) is 2.63. The van der Waals surface area contributed by atoms with Gasteiger partial charge < -0.3 is 10.6 Å². The van der Waals surface area contributed by atoms with Crippen molar-refractivity contribution < 1.29 is 4.79 Å². The van der Waals surface area contributed by atoms with E-state index in [0.29, 0.717) is 18.1 Å². The summed E-state index contributed by atoms with van der Waals surface area (Å²) in [5.41, 5.74) is 1.71. The third-order valence-electron chi connectivity index (χ3n) is 3.75. The van der Waals surface area contributed by atoms with Crippen LogP contribution >= 0.6 is 0 Å². The Balaban J connectivity index is 1.72. The number of rotatable bonds is 3. The van der Waals surface area contributed by atoms with Crippen molar-refractivity contribution in [3.8, 4) is 0 Å². The van der Waals surface area contributed by atoms with Crippen LogP contribution < -0.4 is 10.6 Å². The maximum Gasteiger partial charge on any atom is 0.229 e. The van der Waals surface area contributed by atoms with E-state index in [1.54, 1.807) is 17.1 Å². The molecule has 0 radical (unpaired) electrons. The zero-order valence-electron chi connectivity index (χ0n) is 12.1. The Hall–Kier alpha value is -2.28. The molecule has 7 nitrogen and oxygen atoms in total. The SMILES string of the molecule is Cc1ncc(NC(=O)[C@H]2CNC[C@@H]2c2cnn(C)c2)cn1. The molecule has 3 rings (SSSR count). The van der Waals surface area contributed by atoms with Crippen LogP contribution in [0.1, 0.15) is 17.3 Å². The van der Waals surface area contributed by atoms with Crippen molar-refractivity contribution in [2.45, 2.75) is 12.8 Å². The van der Waals surface area contributed by atoms with E-state index in [9.17, 15) is 4.79 Å². The minimum atomic E-state index is -0.115. The molecule has 0 aliphatic carbocycles. The number of anilines is 1. The average molecular weight is 286 g/mol. The standard InChI is InChI=1S/C14H18N6O/c1-9-16-4-11(5-17-9)19-14(21)13-7-15-6-12(13)10-3-18-20(2)8-10/h3-5,8,12-13,15H,6-7H2,1-2H3,(H,19,21)/t12-,13+/m1/s1. The minimum absolute atomic E-state index is 0.0127. The highest BCUT2D eigenvalue weighted by molar-refractivity contribution is 5.93. The first-order valence-corrected chi connectivity index (χ1v) is 6.92. The molecule has 0 aromatic carbocycles. The molecule has 2 atom stereocenters. The molecule has 0 unspecified atom stereocenters. The molecule has 1 aliphatic rings. The van der Waals surface area contributed by atoms with E-state index in [1.807, 2.05) is 26.4 Å². The second-order valence-electron chi connectivity index (χ2n) is 5.33. The predicted molar refractivity (Wildman–Crippen MR) is 77.7 cm³/mol. The summed E-state index contributed by atoms with van der Waals surface area (Å²) in [6.45, 7) is 3.26. The highest BCUT2D eigenvalue weighted by Crippen LogP contribution is 2.28. The number of hydrogen-bond acceptors (Lipinski definition) is 5. The van der Waals surface area contributed by atoms with Crippen molar-refractivity contribution in [3.05, 3.63) is 36.2 Å². The molecular weight excluding hydrogens is 268 g/mol. The third-order valence-corrected chi connectivity index (χ3v) is 3.75. The monoisotopic (exact) mass is 286 g/mol. The van der Waals surface area contributed by atoms with E-state index >= 15 is 0 Å². The maximum absolute atomic E-state index is 12.5. The quantitative estimate of drug-likeness (QED) is 0.856. The highest BCUT2D eigenvalue weighted by Gasteiger charge is 2.34. The zero-order chi connectivity index (χ0) is 14.8. The summed E-state index contributed by atoms with van der Waals surface area (Å²) >= 11 is 0. The van der Waals surface area contributed by atoms with Gasteiger partial charge in [0.2, 0.25) is 5.91 Å². The Morgan fingerprint density at radius 3 is 2.76 bits per heavy atom. The van der Waals surface area contributed by atoms with Gasteiger partial charge in [0.1, 0.15) is 5.82 Å². The molecule has 1 fully saturated rings. The lowest BCUT2D eigenvalue weighted by Crippen LogP contribution is -2.28. The molecule has 2 N–H and O–H groups in total.